The molecule has 0 aromatic heterocycles. The maximum absolute atomic E-state index is 11.7. The lowest BCUT2D eigenvalue weighted by Gasteiger charge is -2.16. The van der Waals surface area contributed by atoms with E-state index in [1.807, 2.05) is 26.0 Å². The Morgan fingerprint density at radius 3 is 2.52 bits per heavy atom. The van der Waals surface area contributed by atoms with Gasteiger partial charge in [-0.05, 0) is 31.1 Å². The molecule has 0 aromatic rings. The smallest absolute Gasteiger partial charge is 0.326 e. The van der Waals surface area contributed by atoms with E-state index in [4.69, 9.17) is 5.11 Å². The van der Waals surface area contributed by atoms with Crippen LogP contribution >= 0.6 is 0 Å². The van der Waals surface area contributed by atoms with Gasteiger partial charge in [0.05, 0.1) is 6.54 Å². The van der Waals surface area contributed by atoms with Gasteiger partial charge >= 0.3 is 5.97 Å². The summed E-state index contributed by atoms with van der Waals surface area (Å²) < 4.78 is 0. The lowest BCUT2D eigenvalue weighted by molar-refractivity contribution is -0.142. The van der Waals surface area contributed by atoms with Gasteiger partial charge in [0.2, 0.25) is 11.8 Å². The fourth-order valence-electron chi connectivity index (χ4n) is 2.29. The van der Waals surface area contributed by atoms with E-state index in [1.165, 1.54) is 0 Å². The molecule has 6 nitrogen and oxygen atoms in total. The second-order valence-electron chi connectivity index (χ2n) is 5.83. The molecule has 1 unspecified atom stereocenters. The highest BCUT2D eigenvalue weighted by molar-refractivity contribution is 5.87. The first kappa shape index (κ1) is 17.2. The molecule has 2 atom stereocenters. The monoisotopic (exact) mass is 296 g/mol. The summed E-state index contributed by atoms with van der Waals surface area (Å²) in [5.74, 6) is -1.30. The molecule has 0 saturated carbocycles. The van der Waals surface area contributed by atoms with Gasteiger partial charge < -0.3 is 15.7 Å². The summed E-state index contributed by atoms with van der Waals surface area (Å²) in [5.41, 5.74) is 0. The highest BCUT2D eigenvalue weighted by Gasteiger charge is 2.21. The zero-order chi connectivity index (χ0) is 15.8. The molecular formula is C15H24N2O4. The zero-order valence-electron chi connectivity index (χ0n) is 12.6. The van der Waals surface area contributed by atoms with Gasteiger partial charge in [0.1, 0.15) is 6.04 Å². The van der Waals surface area contributed by atoms with Crippen LogP contribution in [0.5, 0.6) is 0 Å². The van der Waals surface area contributed by atoms with Crippen molar-refractivity contribution in [2.75, 3.05) is 6.54 Å². The van der Waals surface area contributed by atoms with Crippen LogP contribution in [0.1, 0.15) is 39.5 Å². The lowest BCUT2D eigenvalue weighted by atomic mass is 10.0. The first-order valence-corrected chi connectivity index (χ1v) is 7.34. The van der Waals surface area contributed by atoms with E-state index in [9.17, 15) is 14.4 Å². The van der Waals surface area contributed by atoms with Crippen molar-refractivity contribution < 1.29 is 19.5 Å². The molecule has 0 saturated heterocycles. The van der Waals surface area contributed by atoms with E-state index >= 15 is 0 Å². The molecule has 0 fully saturated rings. The number of carbonyl (C=O) groups is 3. The summed E-state index contributed by atoms with van der Waals surface area (Å²) in [7, 11) is 0. The second-order valence-corrected chi connectivity index (χ2v) is 5.83. The summed E-state index contributed by atoms with van der Waals surface area (Å²) in [6.07, 6.45) is 6.76. The Balaban J connectivity index is 2.29. The molecule has 1 rings (SSSR count). The number of carboxylic acid groups (broad SMARTS) is 1. The summed E-state index contributed by atoms with van der Waals surface area (Å²) in [6, 6.07) is -0.910. The number of rotatable bonds is 8. The SMILES string of the molecule is CC(C)C[C@H](NC(=O)CNC(=O)CC1C=CCC1)C(=O)O. The number of nitrogens with one attached hydrogen (secondary N) is 2. The molecule has 3 N–H and O–H groups in total. The topological polar surface area (TPSA) is 95.5 Å². The number of hydrogen-bond acceptors (Lipinski definition) is 3. The van der Waals surface area contributed by atoms with Crippen LogP contribution in [0.25, 0.3) is 0 Å². The Hall–Kier alpha value is -1.85. The molecule has 0 spiro atoms. The third kappa shape index (κ3) is 6.92. The minimum Gasteiger partial charge on any atom is -0.480 e. The zero-order valence-corrected chi connectivity index (χ0v) is 12.6. The van der Waals surface area contributed by atoms with E-state index < -0.39 is 17.9 Å². The molecule has 0 bridgehead atoms. The van der Waals surface area contributed by atoms with E-state index in [-0.39, 0.29) is 24.3 Å². The van der Waals surface area contributed by atoms with Crippen LogP contribution in [0.3, 0.4) is 0 Å². The molecule has 21 heavy (non-hydrogen) atoms. The molecule has 0 heterocycles. The van der Waals surface area contributed by atoms with Crippen molar-refractivity contribution >= 4 is 17.8 Å². The Kier molecular flexibility index (Phi) is 6.91. The van der Waals surface area contributed by atoms with E-state index in [0.29, 0.717) is 12.8 Å². The maximum Gasteiger partial charge on any atom is 0.326 e. The van der Waals surface area contributed by atoms with Crippen LogP contribution in [0.4, 0.5) is 0 Å². The van der Waals surface area contributed by atoms with Gasteiger partial charge in [-0.1, -0.05) is 26.0 Å². The van der Waals surface area contributed by atoms with Gasteiger partial charge in [0, 0.05) is 6.42 Å². The molecule has 0 aromatic carbocycles. The van der Waals surface area contributed by atoms with Gasteiger partial charge in [0.25, 0.3) is 0 Å². The van der Waals surface area contributed by atoms with E-state index in [1.54, 1.807) is 0 Å². The number of aliphatic carboxylic acids is 1. The summed E-state index contributed by atoms with van der Waals surface area (Å²) >= 11 is 0. The molecule has 6 heteroatoms. The maximum atomic E-state index is 11.7. The number of amides is 2. The normalized spacial score (nSPS) is 18.5. The van der Waals surface area contributed by atoms with Gasteiger partial charge in [-0.25, -0.2) is 4.79 Å². The quantitative estimate of drug-likeness (QED) is 0.584. The van der Waals surface area contributed by atoms with Crippen molar-refractivity contribution in [3.63, 3.8) is 0 Å². The van der Waals surface area contributed by atoms with Crippen LogP contribution < -0.4 is 10.6 Å². The average Bonchev–Trinajstić information content (AvgIpc) is 2.87. The third-order valence-electron chi connectivity index (χ3n) is 3.35. The van der Waals surface area contributed by atoms with Crippen molar-refractivity contribution in [2.45, 2.75) is 45.6 Å². The van der Waals surface area contributed by atoms with Gasteiger partial charge in [-0.3, -0.25) is 9.59 Å². The van der Waals surface area contributed by atoms with Crippen LogP contribution in [-0.4, -0.2) is 35.5 Å². The van der Waals surface area contributed by atoms with Crippen molar-refractivity contribution in [1.82, 2.24) is 10.6 Å². The third-order valence-corrected chi connectivity index (χ3v) is 3.35. The van der Waals surface area contributed by atoms with Crippen molar-refractivity contribution in [3.05, 3.63) is 12.2 Å². The Morgan fingerprint density at radius 1 is 1.29 bits per heavy atom. The number of carboxylic acids is 1. The van der Waals surface area contributed by atoms with Gasteiger partial charge in [0.15, 0.2) is 0 Å². The molecule has 2 amide bonds. The standard InChI is InChI=1S/C15H24N2O4/c1-10(2)7-12(15(20)21)17-14(19)9-16-13(18)8-11-5-3-4-6-11/h3,5,10-12H,4,6-9H2,1-2H3,(H,16,18)(H,17,19)(H,20,21)/t11?,12-/m0/s1. The minimum atomic E-state index is -1.06. The van der Waals surface area contributed by atoms with Gasteiger partial charge in [-0.2, -0.15) is 0 Å². The van der Waals surface area contributed by atoms with Crippen molar-refractivity contribution in [3.8, 4) is 0 Å². The van der Waals surface area contributed by atoms with E-state index in [2.05, 4.69) is 10.6 Å². The lowest BCUT2D eigenvalue weighted by Crippen LogP contribution is -2.46. The highest BCUT2D eigenvalue weighted by atomic mass is 16.4. The Labute approximate surface area is 125 Å². The fraction of sp³-hybridized carbons (Fsp3) is 0.667. The Morgan fingerprint density at radius 2 is 2.00 bits per heavy atom. The molecule has 0 radical (unpaired) electrons. The van der Waals surface area contributed by atoms with E-state index in [0.717, 1.165) is 12.8 Å². The first-order chi connectivity index (χ1) is 9.88. The predicted octanol–water partition coefficient (Wildman–Crippen LogP) is 1.07. The van der Waals surface area contributed by atoms with Gasteiger partial charge in [-0.15, -0.1) is 0 Å². The minimum absolute atomic E-state index is 0.162. The highest BCUT2D eigenvalue weighted by Crippen LogP contribution is 2.19. The van der Waals surface area contributed by atoms with Crippen LogP contribution in [0, 0.1) is 11.8 Å². The number of carbonyl (C=O) groups excluding carboxylic acids is 2. The molecule has 1 aliphatic carbocycles. The fourth-order valence-corrected chi connectivity index (χ4v) is 2.29. The van der Waals surface area contributed by atoms with Crippen LogP contribution in [-0.2, 0) is 14.4 Å². The molecule has 0 aliphatic heterocycles. The second kappa shape index (κ2) is 8.44. The van der Waals surface area contributed by atoms with Crippen molar-refractivity contribution in [2.24, 2.45) is 11.8 Å². The largest absolute Gasteiger partial charge is 0.480 e. The van der Waals surface area contributed by atoms with Crippen LogP contribution in [0.2, 0.25) is 0 Å². The van der Waals surface area contributed by atoms with Crippen LogP contribution in [0.15, 0.2) is 12.2 Å². The molecule has 118 valence electrons. The summed E-state index contributed by atoms with van der Waals surface area (Å²) in [5, 5.41) is 14.0. The predicted molar refractivity (Wildman–Crippen MR) is 78.5 cm³/mol. The van der Waals surface area contributed by atoms with Crippen molar-refractivity contribution in [1.29, 1.82) is 0 Å². The summed E-state index contributed by atoms with van der Waals surface area (Å²) in [6.45, 7) is 3.59. The molecular weight excluding hydrogens is 272 g/mol. The number of hydrogen-bond donors (Lipinski definition) is 3. The first-order valence-electron chi connectivity index (χ1n) is 7.34. The number of allylic oxidation sites excluding steroid dienone is 2. The average molecular weight is 296 g/mol. The summed E-state index contributed by atoms with van der Waals surface area (Å²) in [4.78, 5) is 34.4. The Bertz CT molecular complexity index is 418. The molecule has 1 aliphatic rings.